The summed E-state index contributed by atoms with van der Waals surface area (Å²) < 4.78 is 2.96. The molecule has 2 aromatic heterocycles. The molecule has 2 heterocycles. The van der Waals surface area contributed by atoms with E-state index in [2.05, 4.69) is 9.97 Å². The van der Waals surface area contributed by atoms with Crippen molar-refractivity contribution >= 4 is 22.9 Å². The summed E-state index contributed by atoms with van der Waals surface area (Å²) in [6.45, 7) is 1.94. The Morgan fingerprint density at radius 2 is 2.18 bits per heavy atom. The van der Waals surface area contributed by atoms with Crippen LogP contribution in [0.15, 0.2) is 26.9 Å². The number of aromatic amines is 1. The van der Waals surface area contributed by atoms with Crippen LogP contribution in [0.3, 0.4) is 0 Å². The molecule has 0 aliphatic rings. The molecule has 120 valence electrons. The lowest BCUT2D eigenvalue weighted by molar-refractivity contribution is 0.113. The van der Waals surface area contributed by atoms with E-state index in [1.54, 1.807) is 4.57 Å². The summed E-state index contributed by atoms with van der Waals surface area (Å²) in [6.07, 6.45) is 2.83. The van der Waals surface area contributed by atoms with E-state index in [-0.39, 0.29) is 12.4 Å². The SMILES string of the molecule is CC=CCn1c(SCC(O)CO)nc2c1c(=O)[nH]c(=O)n2C. The number of aromatic nitrogens is 4. The number of rotatable bonds is 6. The Kier molecular flexibility index (Phi) is 5.22. The molecule has 1 atom stereocenters. The van der Waals surface area contributed by atoms with Crippen molar-refractivity contribution in [2.75, 3.05) is 12.4 Å². The molecule has 8 nitrogen and oxygen atoms in total. The third kappa shape index (κ3) is 3.16. The molecule has 0 saturated heterocycles. The first-order chi connectivity index (χ1) is 10.5. The first-order valence-electron chi connectivity index (χ1n) is 6.72. The number of hydrogen-bond acceptors (Lipinski definition) is 6. The van der Waals surface area contributed by atoms with Gasteiger partial charge in [-0.05, 0) is 6.92 Å². The van der Waals surface area contributed by atoms with Gasteiger partial charge in [0.2, 0.25) is 0 Å². The van der Waals surface area contributed by atoms with E-state index in [0.717, 1.165) is 0 Å². The summed E-state index contributed by atoms with van der Waals surface area (Å²) in [4.78, 5) is 30.3. The molecule has 0 amide bonds. The van der Waals surface area contributed by atoms with Crippen LogP contribution >= 0.6 is 11.8 Å². The van der Waals surface area contributed by atoms with Crippen LogP contribution < -0.4 is 11.2 Å². The van der Waals surface area contributed by atoms with Gasteiger partial charge in [-0.1, -0.05) is 23.9 Å². The maximum absolute atomic E-state index is 12.1. The molecular weight excluding hydrogens is 308 g/mol. The van der Waals surface area contributed by atoms with Crippen molar-refractivity contribution in [2.24, 2.45) is 7.05 Å². The van der Waals surface area contributed by atoms with Crippen LogP contribution in [0.25, 0.3) is 11.2 Å². The molecule has 1 unspecified atom stereocenters. The zero-order valence-corrected chi connectivity index (χ0v) is 13.1. The molecule has 9 heteroatoms. The van der Waals surface area contributed by atoms with E-state index in [1.165, 1.54) is 23.4 Å². The van der Waals surface area contributed by atoms with Crippen LogP contribution in [0.5, 0.6) is 0 Å². The Morgan fingerprint density at radius 3 is 2.82 bits per heavy atom. The second-order valence-corrected chi connectivity index (χ2v) is 5.70. The summed E-state index contributed by atoms with van der Waals surface area (Å²) >= 11 is 1.22. The average Bonchev–Trinajstić information content (AvgIpc) is 2.87. The second-order valence-electron chi connectivity index (χ2n) is 4.71. The number of H-pyrrole nitrogens is 1. The molecule has 3 N–H and O–H groups in total. The first kappa shape index (κ1) is 16.5. The second kappa shape index (κ2) is 6.95. The number of aryl methyl sites for hydroxylation is 1. The van der Waals surface area contributed by atoms with Gasteiger partial charge in [0.1, 0.15) is 0 Å². The third-order valence-electron chi connectivity index (χ3n) is 3.11. The van der Waals surface area contributed by atoms with Crippen molar-refractivity contribution in [1.29, 1.82) is 0 Å². The number of aliphatic hydroxyl groups is 2. The fourth-order valence-electron chi connectivity index (χ4n) is 1.93. The van der Waals surface area contributed by atoms with E-state index in [0.29, 0.717) is 22.9 Å². The number of thioether (sulfide) groups is 1. The Balaban J connectivity index is 2.59. The molecule has 0 bridgehead atoms. The van der Waals surface area contributed by atoms with E-state index >= 15 is 0 Å². The van der Waals surface area contributed by atoms with E-state index in [4.69, 9.17) is 5.11 Å². The maximum Gasteiger partial charge on any atom is 0.329 e. The van der Waals surface area contributed by atoms with Crippen LogP contribution in [-0.2, 0) is 13.6 Å². The molecule has 0 radical (unpaired) electrons. The Bertz CT molecular complexity index is 805. The first-order valence-corrected chi connectivity index (χ1v) is 7.70. The number of hydrogen-bond donors (Lipinski definition) is 3. The predicted molar refractivity (Wildman–Crippen MR) is 84.2 cm³/mol. The largest absolute Gasteiger partial charge is 0.394 e. The summed E-state index contributed by atoms with van der Waals surface area (Å²) in [5.74, 6) is 0.238. The van der Waals surface area contributed by atoms with Gasteiger partial charge in [0.15, 0.2) is 16.3 Å². The monoisotopic (exact) mass is 326 g/mol. The van der Waals surface area contributed by atoms with Crippen LogP contribution in [0.4, 0.5) is 0 Å². The lowest BCUT2D eigenvalue weighted by Crippen LogP contribution is -2.29. The highest BCUT2D eigenvalue weighted by atomic mass is 32.2. The number of allylic oxidation sites excluding steroid dienone is 2. The van der Waals surface area contributed by atoms with Crippen LogP contribution in [0, 0.1) is 0 Å². The minimum absolute atomic E-state index is 0.238. The van der Waals surface area contributed by atoms with Crippen LogP contribution in [-0.4, -0.2) is 47.8 Å². The molecule has 2 aromatic rings. The fourth-order valence-corrected chi connectivity index (χ4v) is 2.85. The molecule has 0 aliphatic carbocycles. The summed E-state index contributed by atoms with van der Waals surface area (Å²) in [6, 6.07) is 0. The molecule has 2 rings (SSSR count). The molecule has 22 heavy (non-hydrogen) atoms. The van der Waals surface area contributed by atoms with Gasteiger partial charge in [0.05, 0.1) is 12.7 Å². The zero-order chi connectivity index (χ0) is 16.3. The number of nitrogens with zero attached hydrogens (tertiary/aromatic N) is 3. The van der Waals surface area contributed by atoms with Crippen molar-refractivity contribution < 1.29 is 10.2 Å². The molecule has 0 fully saturated rings. The predicted octanol–water partition coefficient (Wildman–Crippen LogP) is -0.555. The van der Waals surface area contributed by atoms with Crippen LogP contribution in [0.2, 0.25) is 0 Å². The van der Waals surface area contributed by atoms with Gasteiger partial charge in [-0.15, -0.1) is 0 Å². The highest BCUT2D eigenvalue weighted by molar-refractivity contribution is 7.99. The molecule has 0 saturated carbocycles. The number of imidazole rings is 1. The maximum atomic E-state index is 12.1. The summed E-state index contributed by atoms with van der Waals surface area (Å²) in [7, 11) is 1.53. The Labute approximate surface area is 130 Å². The number of nitrogens with one attached hydrogen (secondary N) is 1. The van der Waals surface area contributed by atoms with Crippen LogP contribution in [0.1, 0.15) is 6.92 Å². The van der Waals surface area contributed by atoms with Crippen molar-refractivity contribution in [3.63, 3.8) is 0 Å². The average molecular weight is 326 g/mol. The Morgan fingerprint density at radius 1 is 1.45 bits per heavy atom. The van der Waals surface area contributed by atoms with Gasteiger partial charge < -0.3 is 14.8 Å². The summed E-state index contributed by atoms with van der Waals surface area (Å²) in [5, 5.41) is 18.9. The van der Waals surface area contributed by atoms with E-state index < -0.39 is 17.4 Å². The highest BCUT2D eigenvalue weighted by Crippen LogP contribution is 2.22. The third-order valence-corrected chi connectivity index (χ3v) is 4.23. The number of aliphatic hydroxyl groups excluding tert-OH is 2. The van der Waals surface area contributed by atoms with Crippen molar-refractivity contribution in [3.05, 3.63) is 33.0 Å². The standard InChI is InChI=1S/C13H18N4O4S/c1-3-4-5-17-9-10(16(2)12(21)15-11(9)20)14-13(17)22-7-8(19)6-18/h3-4,8,18-19H,5-7H2,1-2H3,(H,15,20,21). The molecule has 0 aliphatic heterocycles. The fraction of sp³-hybridized carbons (Fsp3) is 0.462. The lowest BCUT2D eigenvalue weighted by Gasteiger charge is -2.08. The number of fused-ring (bicyclic) bond motifs is 1. The van der Waals surface area contributed by atoms with E-state index in [1.807, 2.05) is 19.1 Å². The quantitative estimate of drug-likeness (QED) is 0.485. The summed E-state index contributed by atoms with van der Waals surface area (Å²) in [5.41, 5.74) is -0.426. The topological polar surface area (TPSA) is 113 Å². The highest BCUT2D eigenvalue weighted by Gasteiger charge is 2.17. The van der Waals surface area contributed by atoms with Gasteiger partial charge >= 0.3 is 5.69 Å². The Hall–Kier alpha value is -1.84. The van der Waals surface area contributed by atoms with Gasteiger partial charge in [0.25, 0.3) is 5.56 Å². The smallest absolute Gasteiger partial charge is 0.329 e. The van der Waals surface area contributed by atoms with Gasteiger partial charge in [-0.2, -0.15) is 0 Å². The van der Waals surface area contributed by atoms with Gasteiger partial charge in [0, 0.05) is 19.3 Å². The molecular formula is C13H18N4O4S. The van der Waals surface area contributed by atoms with Gasteiger partial charge in [-0.3, -0.25) is 14.3 Å². The minimum Gasteiger partial charge on any atom is -0.394 e. The zero-order valence-electron chi connectivity index (χ0n) is 12.3. The van der Waals surface area contributed by atoms with Crippen molar-refractivity contribution in [2.45, 2.75) is 24.7 Å². The molecule has 0 spiro atoms. The van der Waals surface area contributed by atoms with E-state index in [9.17, 15) is 14.7 Å². The lowest BCUT2D eigenvalue weighted by atomic mass is 10.4. The van der Waals surface area contributed by atoms with Crippen molar-refractivity contribution in [1.82, 2.24) is 19.1 Å². The van der Waals surface area contributed by atoms with Crippen molar-refractivity contribution in [3.8, 4) is 0 Å². The minimum atomic E-state index is -0.873. The normalized spacial score (nSPS) is 13.3. The molecule has 0 aromatic carbocycles. The van der Waals surface area contributed by atoms with Gasteiger partial charge in [-0.25, -0.2) is 9.78 Å².